The summed E-state index contributed by atoms with van der Waals surface area (Å²) in [6.07, 6.45) is 1.21. The lowest BCUT2D eigenvalue weighted by atomic mass is 9.71. The maximum absolute atomic E-state index is 10.1. The van der Waals surface area contributed by atoms with Gasteiger partial charge in [0, 0.05) is 0 Å². The average Bonchev–Trinajstić information content (AvgIpc) is 2.95. The molecule has 0 radical (unpaired) electrons. The van der Waals surface area contributed by atoms with Crippen LogP contribution in [-0.4, -0.2) is 25.3 Å². The first-order valence-electron chi connectivity index (χ1n) is 6.19. The predicted molar refractivity (Wildman–Crippen MR) is 79.5 cm³/mol. The van der Waals surface area contributed by atoms with Gasteiger partial charge in [-0.1, -0.05) is 46.4 Å². The molecule has 0 heterocycles. The van der Waals surface area contributed by atoms with Crippen molar-refractivity contribution < 1.29 is 5.11 Å². The molecule has 3 fully saturated rings. The highest BCUT2D eigenvalue weighted by Crippen LogP contribution is 2.82. The van der Waals surface area contributed by atoms with E-state index in [-0.39, 0.29) is 39.8 Å². The molecule has 0 aromatic rings. The van der Waals surface area contributed by atoms with Crippen molar-refractivity contribution in [3.63, 3.8) is 0 Å². The minimum atomic E-state index is -1.45. The molecule has 4 aliphatic rings. The smallest absolute Gasteiger partial charge is 0.166 e. The number of fused-ring (bicyclic) bond motifs is 9. The Hall–Kier alpha value is 1.44. The van der Waals surface area contributed by atoms with Gasteiger partial charge in [0.05, 0.1) is 16.2 Å². The van der Waals surface area contributed by atoms with Crippen LogP contribution in [0.25, 0.3) is 0 Å². The van der Waals surface area contributed by atoms with E-state index in [0.29, 0.717) is 6.42 Å². The van der Waals surface area contributed by atoms with E-state index in [9.17, 15) is 5.11 Å². The van der Waals surface area contributed by atoms with Crippen LogP contribution < -0.4 is 0 Å². The fourth-order valence-electron chi connectivity index (χ4n) is 5.01. The molecule has 4 aliphatic carbocycles. The second kappa shape index (κ2) is 3.67. The summed E-state index contributed by atoms with van der Waals surface area (Å²) in [5.74, 6) is 0.150. The fraction of sp³-hybridized carbons (Fsp3) is 0.833. The quantitative estimate of drug-likeness (QED) is 0.484. The van der Waals surface area contributed by atoms with Gasteiger partial charge in [0.1, 0.15) is 9.75 Å². The number of alkyl halides is 4. The summed E-state index contributed by atoms with van der Waals surface area (Å²) in [5, 5.41) is 10.7. The van der Waals surface area contributed by atoms with Crippen molar-refractivity contribution in [2.45, 2.75) is 33.0 Å². The van der Waals surface area contributed by atoms with Crippen LogP contribution in [0.5, 0.6) is 0 Å². The molecule has 0 aromatic heterocycles. The van der Waals surface area contributed by atoms with Gasteiger partial charge < -0.3 is 5.11 Å². The Morgan fingerprint density at radius 2 is 1.42 bits per heavy atom. The third-order valence-corrected chi connectivity index (χ3v) is 9.93. The largest absolute Gasteiger partial charge is 0.393 e. The first-order valence-corrected chi connectivity index (χ1v) is 8.45. The standard InChI is InChI=1S/C12H10Cl6O/c13-8-9(14)11(16)7-4-1-3(2-5(4)19)6(7)10(8,15)12(11,17)18/h3-7,19H,1-2H2/t3-,4-,5-,6-,7-,10+,11+/m1/s1. The lowest BCUT2D eigenvalue weighted by Crippen LogP contribution is -2.46. The molecule has 1 N–H and O–H groups in total. The predicted octanol–water partition coefficient (Wildman–Crippen LogP) is 4.47. The zero-order valence-electron chi connectivity index (χ0n) is 9.52. The van der Waals surface area contributed by atoms with E-state index in [1.807, 2.05) is 0 Å². The Morgan fingerprint density at radius 1 is 0.895 bits per heavy atom. The van der Waals surface area contributed by atoms with Crippen molar-refractivity contribution >= 4 is 69.6 Å². The van der Waals surface area contributed by atoms with Crippen LogP contribution in [0.3, 0.4) is 0 Å². The third-order valence-electron chi connectivity index (χ3n) is 5.63. The highest BCUT2D eigenvalue weighted by atomic mass is 35.5. The zero-order valence-corrected chi connectivity index (χ0v) is 14.1. The molecule has 1 nitrogen and oxygen atoms in total. The van der Waals surface area contributed by atoms with E-state index < -0.39 is 14.1 Å². The summed E-state index contributed by atoms with van der Waals surface area (Å²) < 4.78 is -1.45. The number of halogens is 6. The molecule has 106 valence electrons. The number of hydrogen-bond donors (Lipinski definition) is 1. The van der Waals surface area contributed by atoms with E-state index in [0.717, 1.165) is 6.42 Å². The van der Waals surface area contributed by atoms with Gasteiger partial charge in [0.2, 0.25) is 0 Å². The van der Waals surface area contributed by atoms with Gasteiger partial charge in [0.25, 0.3) is 0 Å². The Bertz CT molecular complexity index is 518. The second-order valence-electron chi connectivity index (χ2n) is 6.14. The molecule has 0 aromatic carbocycles. The van der Waals surface area contributed by atoms with Crippen LogP contribution in [0.2, 0.25) is 0 Å². The van der Waals surface area contributed by atoms with Crippen LogP contribution in [0, 0.1) is 23.7 Å². The van der Waals surface area contributed by atoms with E-state index in [2.05, 4.69) is 0 Å². The van der Waals surface area contributed by atoms with Gasteiger partial charge in [-0.15, -0.1) is 23.2 Å². The van der Waals surface area contributed by atoms with E-state index in [1.54, 1.807) is 0 Å². The number of aliphatic hydroxyl groups is 1. The Kier molecular flexibility index (Phi) is 2.72. The number of hydrogen-bond acceptors (Lipinski definition) is 1. The normalized spacial score (nSPS) is 61.1. The van der Waals surface area contributed by atoms with E-state index >= 15 is 0 Å². The summed E-state index contributed by atoms with van der Waals surface area (Å²) >= 11 is 39.2. The van der Waals surface area contributed by atoms with Crippen molar-refractivity contribution in [3.8, 4) is 0 Å². The van der Waals surface area contributed by atoms with Crippen molar-refractivity contribution in [2.24, 2.45) is 23.7 Å². The third kappa shape index (κ3) is 1.16. The molecule has 7 heteroatoms. The molecule has 3 saturated carbocycles. The highest BCUT2D eigenvalue weighted by Gasteiger charge is 2.86. The van der Waals surface area contributed by atoms with Gasteiger partial charge in [-0.2, -0.15) is 0 Å². The van der Waals surface area contributed by atoms with Gasteiger partial charge in [-0.3, -0.25) is 0 Å². The maximum atomic E-state index is 10.1. The molecule has 0 amide bonds. The lowest BCUT2D eigenvalue weighted by molar-refractivity contribution is 0.0530. The van der Waals surface area contributed by atoms with Crippen LogP contribution in [0.4, 0.5) is 0 Å². The summed E-state index contributed by atoms with van der Waals surface area (Å²) in [6, 6.07) is 0. The van der Waals surface area contributed by atoms with Gasteiger partial charge in [-0.25, -0.2) is 0 Å². The second-order valence-corrected chi connectivity index (χ2v) is 9.42. The van der Waals surface area contributed by atoms with Gasteiger partial charge in [-0.05, 0) is 36.5 Å². The molecular formula is C12H10Cl6O. The molecular weight excluding hydrogens is 373 g/mol. The van der Waals surface area contributed by atoms with Crippen molar-refractivity contribution in [1.29, 1.82) is 0 Å². The minimum absolute atomic E-state index is 0.0231. The average molecular weight is 383 g/mol. The molecule has 19 heavy (non-hydrogen) atoms. The van der Waals surface area contributed by atoms with Crippen molar-refractivity contribution in [1.82, 2.24) is 0 Å². The molecule has 0 saturated heterocycles. The molecule has 7 atom stereocenters. The van der Waals surface area contributed by atoms with Crippen LogP contribution >= 0.6 is 69.6 Å². The van der Waals surface area contributed by atoms with Crippen LogP contribution in [0.15, 0.2) is 10.1 Å². The fourth-order valence-corrected chi connectivity index (χ4v) is 8.16. The Labute approximate surface area is 141 Å². The highest BCUT2D eigenvalue weighted by molar-refractivity contribution is 6.65. The SMILES string of the molecule is O[C@@H]1C[C@H]2C[C@H]1[C@@H]1[C@@H]2[C@]2(Cl)C(Cl)=C(Cl)[C@]1(Cl)C2(Cl)Cl. The van der Waals surface area contributed by atoms with Crippen LogP contribution in [0.1, 0.15) is 12.8 Å². The summed E-state index contributed by atoms with van der Waals surface area (Å²) in [7, 11) is 0. The van der Waals surface area contributed by atoms with E-state index in [1.165, 1.54) is 0 Å². The Morgan fingerprint density at radius 3 is 2.00 bits per heavy atom. The van der Waals surface area contributed by atoms with Crippen molar-refractivity contribution in [2.75, 3.05) is 0 Å². The first kappa shape index (κ1) is 14.1. The topological polar surface area (TPSA) is 20.2 Å². The number of allylic oxidation sites excluding steroid dienone is 2. The summed E-state index contributed by atoms with van der Waals surface area (Å²) in [5.41, 5.74) is 0. The minimum Gasteiger partial charge on any atom is -0.393 e. The molecule has 0 unspecified atom stereocenters. The number of rotatable bonds is 0. The lowest BCUT2D eigenvalue weighted by Gasteiger charge is -2.41. The summed E-state index contributed by atoms with van der Waals surface area (Å²) in [4.78, 5) is -2.33. The van der Waals surface area contributed by atoms with Gasteiger partial charge in [0.15, 0.2) is 4.33 Å². The first-order chi connectivity index (χ1) is 8.69. The van der Waals surface area contributed by atoms with Crippen LogP contribution in [-0.2, 0) is 0 Å². The Balaban J connectivity index is 1.99. The molecule has 0 spiro atoms. The van der Waals surface area contributed by atoms with E-state index in [4.69, 9.17) is 69.6 Å². The monoisotopic (exact) mass is 380 g/mol. The molecule has 4 bridgehead atoms. The summed E-state index contributed by atoms with van der Waals surface area (Å²) in [6.45, 7) is 0. The molecule has 0 aliphatic heterocycles. The number of aliphatic hydroxyl groups excluding tert-OH is 1. The molecule has 4 rings (SSSR count). The zero-order chi connectivity index (χ0) is 14.0. The van der Waals surface area contributed by atoms with Crippen molar-refractivity contribution in [3.05, 3.63) is 10.1 Å². The van der Waals surface area contributed by atoms with Gasteiger partial charge >= 0.3 is 0 Å². The maximum Gasteiger partial charge on any atom is 0.166 e.